The van der Waals surface area contributed by atoms with Crippen LogP contribution in [-0.4, -0.2) is 99.9 Å². The summed E-state index contributed by atoms with van der Waals surface area (Å²) in [5.41, 5.74) is 0.992. The van der Waals surface area contributed by atoms with Crippen LogP contribution in [0, 0.1) is 5.82 Å². The second-order valence-electron chi connectivity index (χ2n) is 10.6. The fraction of sp³-hybridized carbons (Fsp3) is 0.464. The summed E-state index contributed by atoms with van der Waals surface area (Å²) in [7, 11) is -10.0. The number of fused-ring (bicyclic) bond motifs is 1. The lowest BCUT2D eigenvalue weighted by molar-refractivity contribution is -0.124. The summed E-state index contributed by atoms with van der Waals surface area (Å²) in [4.78, 5) is 65.0. The lowest BCUT2D eigenvalue weighted by Gasteiger charge is -2.31. The molecule has 0 radical (unpaired) electrons. The van der Waals surface area contributed by atoms with Gasteiger partial charge in [-0.2, -0.15) is 0 Å². The summed E-state index contributed by atoms with van der Waals surface area (Å²) in [6.45, 7) is 0.183. The van der Waals surface area contributed by atoms with Crippen LogP contribution in [0.25, 0.3) is 0 Å². The number of carbonyl (C=O) groups excluding carboxylic acids is 3. The van der Waals surface area contributed by atoms with Crippen LogP contribution in [0.2, 0.25) is 0 Å². The van der Waals surface area contributed by atoms with Gasteiger partial charge < -0.3 is 49.7 Å². The number of ether oxygens (including phenoxy) is 3. The molecule has 0 aromatic heterocycles. The van der Waals surface area contributed by atoms with Crippen molar-refractivity contribution in [3.8, 4) is 11.5 Å². The van der Waals surface area contributed by atoms with Crippen molar-refractivity contribution in [2.24, 2.45) is 0 Å². The number of Topliss-reactive ketones (excluding diaryl/α,β-unsaturated/α-hetero) is 1. The molecule has 7 N–H and O–H groups in total. The van der Waals surface area contributed by atoms with Gasteiger partial charge >= 0.3 is 7.60 Å². The van der Waals surface area contributed by atoms with Gasteiger partial charge in [0.15, 0.2) is 12.4 Å². The Labute approximate surface area is 263 Å². The fourth-order valence-corrected chi connectivity index (χ4v) is 7.30. The molecule has 2 aromatic carbocycles. The highest BCUT2D eigenvalue weighted by atomic mass is 31.2. The largest absolute Gasteiger partial charge is 0.492 e. The van der Waals surface area contributed by atoms with Gasteiger partial charge in [-0.25, -0.2) is 4.39 Å². The van der Waals surface area contributed by atoms with E-state index in [0.29, 0.717) is 29.3 Å². The Morgan fingerprint density at radius 1 is 1.09 bits per heavy atom. The molecule has 0 aliphatic carbocycles. The Kier molecular flexibility index (Phi) is 13.0. The number of ketones is 1. The van der Waals surface area contributed by atoms with Crippen LogP contribution in [0.3, 0.4) is 0 Å². The molecule has 0 saturated carbocycles. The van der Waals surface area contributed by atoms with Crippen molar-refractivity contribution in [3.05, 3.63) is 59.4 Å². The van der Waals surface area contributed by atoms with Crippen molar-refractivity contribution in [1.29, 1.82) is 0 Å². The predicted octanol–water partition coefficient (Wildman–Crippen LogP) is 1.07. The molecule has 0 bridgehead atoms. The van der Waals surface area contributed by atoms with E-state index in [4.69, 9.17) is 14.2 Å². The van der Waals surface area contributed by atoms with Crippen molar-refractivity contribution in [3.63, 3.8) is 0 Å². The average Bonchev–Trinajstić information content (AvgIpc) is 2.99. The van der Waals surface area contributed by atoms with E-state index < -0.39 is 62.5 Å². The molecule has 3 rings (SSSR count). The summed E-state index contributed by atoms with van der Waals surface area (Å²) in [5, 5.41) is 21.8. The maximum atomic E-state index is 13.2. The predicted molar refractivity (Wildman–Crippen MR) is 160 cm³/mol. The first-order valence-electron chi connectivity index (χ1n) is 14.1. The molecule has 1 aliphatic rings. The summed E-state index contributed by atoms with van der Waals surface area (Å²) in [5.74, 6) is -1.48. The highest BCUT2D eigenvalue weighted by Crippen LogP contribution is 2.69. The normalized spacial score (nSPS) is 17.9. The van der Waals surface area contributed by atoms with Gasteiger partial charge in [0.2, 0.25) is 18.4 Å². The number of halogens is 1. The van der Waals surface area contributed by atoms with Crippen LogP contribution < -0.4 is 20.1 Å². The SMILES string of the molecule is CP(=O)(O)C(O)(CCC(O)CNC(=O)CCOCCNC(=O)COc1ccc2c(c1)OCC(c1ccc(F)cc1)C2=O)P(=O)(O)O. The minimum Gasteiger partial charge on any atom is -0.492 e. The summed E-state index contributed by atoms with van der Waals surface area (Å²) < 4.78 is 53.0. The van der Waals surface area contributed by atoms with Gasteiger partial charge in [-0.05, 0) is 42.7 Å². The van der Waals surface area contributed by atoms with E-state index >= 15 is 0 Å². The van der Waals surface area contributed by atoms with E-state index in [1.54, 1.807) is 18.2 Å². The smallest absolute Gasteiger partial charge is 0.366 e. The van der Waals surface area contributed by atoms with Crippen LogP contribution in [0.15, 0.2) is 42.5 Å². The maximum Gasteiger partial charge on any atom is 0.366 e. The van der Waals surface area contributed by atoms with E-state index in [1.807, 2.05) is 0 Å². The molecule has 0 spiro atoms. The standard InChI is InChI=1S/C28H37FN2O13P2/c1-45(37,38)28(36,46(39,40)41)10-8-20(32)15-31-25(33)9-12-42-13-11-30-26(34)17-43-21-6-7-22-24(14-21)44-16-23(27(22)35)18-2-4-19(29)5-3-18/h2-7,14,20,23,32,36H,8-13,15-17H2,1H3,(H,30,34)(H,31,33)(H,37,38)(H2,39,40,41). The van der Waals surface area contributed by atoms with Crippen LogP contribution in [0.1, 0.15) is 41.1 Å². The highest BCUT2D eigenvalue weighted by molar-refractivity contribution is 7.74. The van der Waals surface area contributed by atoms with Crippen molar-refractivity contribution < 1.29 is 67.0 Å². The molecule has 46 heavy (non-hydrogen) atoms. The molecule has 18 heteroatoms. The van der Waals surface area contributed by atoms with Crippen LogP contribution >= 0.6 is 15.0 Å². The van der Waals surface area contributed by atoms with Gasteiger partial charge in [-0.3, -0.25) is 23.5 Å². The van der Waals surface area contributed by atoms with Gasteiger partial charge in [-0.1, -0.05) is 12.1 Å². The molecule has 4 unspecified atom stereocenters. The Balaban J connectivity index is 1.28. The number of rotatable bonds is 17. The molecule has 2 amide bonds. The minimum atomic E-state index is -5.40. The van der Waals surface area contributed by atoms with Crippen LogP contribution in [0.5, 0.6) is 11.5 Å². The zero-order valence-corrected chi connectivity index (χ0v) is 26.6. The number of benzene rings is 2. The van der Waals surface area contributed by atoms with Gasteiger partial charge in [0.05, 0.1) is 30.8 Å². The lowest BCUT2D eigenvalue weighted by Crippen LogP contribution is -2.35. The van der Waals surface area contributed by atoms with E-state index in [2.05, 4.69) is 10.6 Å². The molecule has 15 nitrogen and oxygen atoms in total. The highest BCUT2D eigenvalue weighted by Gasteiger charge is 2.56. The van der Waals surface area contributed by atoms with Gasteiger partial charge in [0, 0.05) is 32.2 Å². The lowest BCUT2D eigenvalue weighted by atomic mass is 9.89. The molecule has 254 valence electrons. The molecule has 4 atom stereocenters. The maximum absolute atomic E-state index is 13.2. The van der Waals surface area contributed by atoms with Gasteiger partial charge in [0.1, 0.15) is 23.9 Å². The van der Waals surface area contributed by atoms with Crippen LogP contribution in [-0.2, 0) is 23.5 Å². The van der Waals surface area contributed by atoms with Crippen molar-refractivity contribution >= 4 is 32.6 Å². The van der Waals surface area contributed by atoms with Crippen molar-refractivity contribution in [1.82, 2.24) is 10.6 Å². The van der Waals surface area contributed by atoms with Gasteiger partial charge in [-0.15, -0.1) is 0 Å². The minimum absolute atomic E-state index is 0.0222. The quantitative estimate of drug-likeness (QED) is 0.0910. The van der Waals surface area contributed by atoms with E-state index in [1.165, 1.54) is 24.3 Å². The Morgan fingerprint density at radius 3 is 2.43 bits per heavy atom. The Hall–Kier alpha value is -3.20. The molecule has 1 aliphatic heterocycles. The Morgan fingerprint density at radius 2 is 1.78 bits per heavy atom. The number of hydrogen-bond acceptors (Lipinski definition) is 10. The number of hydrogen-bond donors (Lipinski definition) is 7. The second-order valence-corrected chi connectivity index (χ2v) is 15.3. The summed E-state index contributed by atoms with van der Waals surface area (Å²) >= 11 is 0. The Bertz CT molecular complexity index is 1460. The average molecular weight is 691 g/mol. The third-order valence-corrected chi connectivity index (χ3v) is 11.7. The first-order valence-corrected chi connectivity index (χ1v) is 17.8. The molecule has 0 saturated heterocycles. The number of aliphatic hydroxyl groups is 2. The first kappa shape index (κ1) is 37.3. The van der Waals surface area contributed by atoms with Crippen molar-refractivity contribution in [2.45, 2.75) is 36.4 Å². The summed E-state index contributed by atoms with van der Waals surface area (Å²) in [6.07, 6.45) is -2.81. The molecule has 2 aromatic rings. The molecule has 1 heterocycles. The third kappa shape index (κ3) is 10.1. The van der Waals surface area contributed by atoms with Crippen molar-refractivity contribution in [2.75, 3.05) is 46.2 Å². The topological polar surface area (TPSA) is 238 Å². The zero-order valence-electron chi connectivity index (χ0n) is 24.8. The molecule has 0 fully saturated rings. The monoisotopic (exact) mass is 690 g/mol. The first-order chi connectivity index (χ1) is 21.5. The number of carbonyl (C=O) groups is 3. The number of aliphatic hydroxyl groups excluding tert-OH is 1. The number of amides is 2. The summed E-state index contributed by atoms with van der Waals surface area (Å²) in [6, 6.07) is 10.2. The van der Waals surface area contributed by atoms with Crippen LogP contribution in [0.4, 0.5) is 4.39 Å². The number of nitrogens with one attached hydrogen (secondary N) is 2. The van der Waals surface area contributed by atoms with Gasteiger partial charge in [0.25, 0.3) is 5.91 Å². The van der Waals surface area contributed by atoms with E-state index in [-0.39, 0.29) is 51.7 Å². The van der Waals surface area contributed by atoms with E-state index in [9.17, 15) is 52.8 Å². The van der Waals surface area contributed by atoms with E-state index in [0.717, 1.165) is 0 Å². The molecular formula is C28H37FN2O13P2. The second kappa shape index (κ2) is 16.1. The third-order valence-electron chi connectivity index (χ3n) is 7.10. The zero-order chi connectivity index (χ0) is 34.1. The molecular weight excluding hydrogens is 653 g/mol. The fourth-order valence-electron chi connectivity index (χ4n) is 4.40.